The Morgan fingerprint density at radius 1 is 1.21 bits per heavy atom. The molecule has 0 radical (unpaired) electrons. The second kappa shape index (κ2) is 5.16. The van der Waals surface area contributed by atoms with Gasteiger partial charge < -0.3 is 5.32 Å². The summed E-state index contributed by atoms with van der Waals surface area (Å²) in [6.45, 7) is 9.77. The largest absolute Gasteiger partial charge is 0.310 e. The van der Waals surface area contributed by atoms with Crippen molar-refractivity contribution in [2.24, 2.45) is 0 Å². The van der Waals surface area contributed by atoms with Crippen molar-refractivity contribution < 1.29 is 0 Å². The van der Waals surface area contributed by atoms with E-state index in [0.29, 0.717) is 6.04 Å². The normalized spacial score (nSPS) is 12.9. The molecule has 0 aliphatic carbocycles. The zero-order chi connectivity index (χ0) is 10.6. The summed E-state index contributed by atoms with van der Waals surface area (Å²) in [4.78, 5) is 0. The van der Waals surface area contributed by atoms with Crippen molar-refractivity contribution in [3.05, 3.63) is 34.9 Å². The molecule has 1 heteroatoms. The maximum atomic E-state index is 3.52. The standard InChI is InChI=1S/C13H21N/c1-5-13(14-6-2)12-9-10(3)7-8-11(12)4/h7-9,13-14H,5-6H2,1-4H3. The van der Waals surface area contributed by atoms with Crippen molar-refractivity contribution >= 4 is 0 Å². The number of benzene rings is 1. The Morgan fingerprint density at radius 3 is 2.50 bits per heavy atom. The molecule has 0 spiro atoms. The van der Waals surface area contributed by atoms with Crippen LogP contribution in [0.1, 0.15) is 43.0 Å². The van der Waals surface area contributed by atoms with Crippen molar-refractivity contribution in [1.29, 1.82) is 0 Å². The number of hydrogen-bond acceptors (Lipinski definition) is 1. The third kappa shape index (κ3) is 2.58. The predicted molar refractivity (Wildman–Crippen MR) is 62.6 cm³/mol. The van der Waals surface area contributed by atoms with Crippen LogP contribution in [0.5, 0.6) is 0 Å². The molecular weight excluding hydrogens is 170 g/mol. The van der Waals surface area contributed by atoms with Gasteiger partial charge in [0, 0.05) is 6.04 Å². The van der Waals surface area contributed by atoms with Gasteiger partial charge in [-0.1, -0.05) is 37.6 Å². The molecule has 1 nitrogen and oxygen atoms in total. The quantitative estimate of drug-likeness (QED) is 0.769. The number of nitrogens with one attached hydrogen (secondary N) is 1. The third-order valence-electron chi connectivity index (χ3n) is 2.67. The van der Waals surface area contributed by atoms with Gasteiger partial charge >= 0.3 is 0 Å². The smallest absolute Gasteiger partial charge is 0.0320 e. The molecule has 1 rings (SSSR count). The minimum atomic E-state index is 0.514. The van der Waals surface area contributed by atoms with E-state index < -0.39 is 0 Å². The summed E-state index contributed by atoms with van der Waals surface area (Å²) in [7, 11) is 0. The highest BCUT2D eigenvalue weighted by Crippen LogP contribution is 2.21. The topological polar surface area (TPSA) is 12.0 Å². The van der Waals surface area contributed by atoms with Crippen LogP contribution in [-0.4, -0.2) is 6.54 Å². The van der Waals surface area contributed by atoms with Gasteiger partial charge in [0.1, 0.15) is 0 Å². The molecule has 0 fully saturated rings. The minimum absolute atomic E-state index is 0.514. The summed E-state index contributed by atoms with van der Waals surface area (Å²) in [5.41, 5.74) is 4.19. The first kappa shape index (κ1) is 11.3. The van der Waals surface area contributed by atoms with Gasteiger partial charge in [-0.15, -0.1) is 0 Å². The van der Waals surface area contributed by atoms with E-state index in [1.165, 1.54) is 16.7 Å². The first-order valence-electron chi connectivity index (χ1n) is 5.49. The van der Waals surface area contributed by atoms with Gasteiger partial charge in [0.15, 0.2) is 0 Å². The molecule has 0 aliphatic heterocycles. The van der Waals surface area contributed by atoms with E-state index in [2.05, 4.69) is 51.2 Å². The molecule has 0 bridgehead atoms. The SMILES string of the molecule is CCNC(CC)c1cc(C)ccc1C. The summed E-state index contributed by atoms with van der Waals surface area (Å²) in [5, 5.41) is 3.52. The lowest BCUT2D eigenvalue weighted by Gasteiger charge is -2.19. The Morgan fingerprint density at radius 2 is 1.93 bits per heavy atom. The molecule has 0 amide bonds. The fourth-order valence-electron chi connectivity index (χ4n) is 1.86. The van der Waals surface area contributed by atoms with Crippen molar-refractivity contribution in [3.63, 3.8) is 0 Å². The molecule has 0 aliphatic rings. The van der Waals surface area contributed by atoms with Crippen LogP contribution in [-0.2, 0) is 0 Å². The average molecular weight is 191 g/mol. The van der Waals surface area contributed by atoms with Crippen LogP contribution in [0.4, 0.5) is 0 Å². The highest BCUT2D eigenvalue weighted by Gasteiger charge is 2.09. The Bertz CT molecular complexity index is 291. The summed E-state index contributed by atoms with van der Waals surface area (Å²) < 4.78 is 0. The Labute approximate surface area is 87.5 Å². The van der Waals surface area contributed by atoms with Crippen LogP contribution in [0.15, 0.2) is 18.2 Å². The molecule has 1 atom stereocenters. The monoisotopic (exact) mass is 191 g/mol. The summed E-state index contributed by atoms with van der Waals surface area (Å²) >= 11 is 0. The van der Waals surface area contributed by atoms with Crippen molar-refractivity contribution in [1.82, 2.24) is 5.32 Å². The highest BCUT2D eigenvalue weighted by molar-refractivity contribution is 5.32. The fourth-order valence-corrected chi connectivity index (χ4v) is 1.86. The average Bonchev–Trinajstić information content (AvgIpc) is 2.18. The van der Waals surface area contributed by atoms with E-state index in [4.69, 9.17) is 0 Å². The maximum absolute atomic E-state index is 3.52. The molecule has 1 N–H and O–H groups in total. The first-order valence-corrected chi connectivity index (χ1v) is 5.49. The van der Waals surface area contributed by atoms with Crippen molar-refractivity contribution in [3.8, 4) is 0 Å². The van der Waals surface area contributed by atoms with Crippen LogP contribution in [0, 0.1) is 13.8 Å². The lowest BCUT2D eigenvalue weighted by molar-refractivity contribution is 0.535. The second-order valence-electron chi connectivity index (χ2n) is 3.88. The zero-order valence-corrected chi connectivity index (χ0v) is 9.72. The lowest BCUT2D eigenvalue weighted by atomic mass is 9.97. The van der Waals surface area contributed by atoms with Gasteiger partial charge in [0.25, 0.3) is 0 Å². The van der Waals surface area contributed by atoms with Crippen molar-refractivity contribution in [2.75, 3.05) is 6.54 Å². The van der Waals surface area contributed by atoms with Crippen LogP contribution >= 0.6 is 0 Å². The van der Waals surface area contributed by atoms with Crippen LogP contribution in [0.25, 0.3) is 0 Å². The number of hydrogen-bond donors (Lipinski definition) is 1. The molecule has 0 saturated heterocycles. The third-order valence-corrected chi connectivity index (χ3v) is 2.67. The molecule has 78 valence electrons. The van der Waals surface area contributed by atoms with Gasteiger partial charge in [-0.25, -0.2) is 0 Å². The van der Waals surface area contributed by atoms with E-state index in [1.54, 1.807) is 0 Å². The molecule has 1 aromatic carbocycles. The molecule has 0 aromatic heterocycles. The Hall–Kier alpha value is -0.820. The van der Waals surface area contributed by atoms with Gasteiger partial charge in [-0.2, -0.15) is 0 Å². The highest BCUT2D eigenvalue weighted by atomic mass is 14.9. The van der Waals surface area contributed by atoms with Gasteiger partial charge in [0.05, 0.1) is 0 Å². The molecule has 14 heavy (non-hydrogen) atoms. The minimum Gasteiger partial charge on any atom is -0.310 e. The maximum Gasteiger partial charge on any atom is 0.0320 e. The predicted octanol–water partition coefficient (Wildman–Crippen LogP) is 3.36. The van der Waals surface area contributed by atoms with Gasteiger partial charge in [-0.05, 0) is 37.9 Å². The van der Waals surface area contributed by atoms with Crippen LogP contribution < -0.4 is 5.32 Å². The van der Waals surface area contributed by atoms with E-state index >= 15 is 0 Å². The second-order valence-corrected chi connectivity index (χ2v) is 3.88. The Balaban J connectivity index is 2.96. The van der Waals surface area contributed by atoms with Crippen molar-refractivity contribution in [2.45, 2.75) is 40.2 Å². The van der Waals surface area contributed by atoms with Crippen LogP contribution in [0.2, 0.25) is 0 Å². The fraction of sp³-hybridized carbons (Fsp3) is 0.538. The molecule has 0 saturated carbocycles. The van der Waals surface area contributed by atoms with E-state index in [-0.39, 0.29) is 0 Å². The molecular formula is C13H21N. The lowest BCUT2D eigenvalue weighted by Crippen LogP contribution is -2.20. The van der Waals surface area contributed by atoms with E-state index in [1.807, 2.05) is 0 Å². The number of rotatable bonds is 4. The first-order chi connectivity index (χ1) is 6.69. The molecule has 1 aromatic rings. The zero-order valence-electron chi connectivity index (χ0n) is 9.72. The summed E-state index contributed by atoms with van der Waals surface area (Å²) in [6.07, 6.45) is 1.15. The van der Waals surface area contributed by atoms with E-state index in [9.17, 15) is 0 Å². The van der Waals surface area contributed by atoms with Gasteiger partial charge in [0.2, 0.25) is 0 Å². The Kier molecular flexibility index (Phi) is 4.15. The van der Waals surface area contributed by atoms with Gasteiger partial charge in [-0.3, -0.25) is 0 Å². The number of aryl methyl sites for hydroxylation is 2. The molecule has 1 unspecified atom stereocenters. The summed E-state index contributed by atoms with van der Waals surface area (Å²) in [6, 6.07) is 7.20. The summed E-state index contributed by atoms with van der Waals surface area (Å²) in [5.74, 6) is 0. The van der Waals surface area contributed by atoms with E-state index in [0.717, 1.165) is 13.0 Å². The van der Waals surface area contributed by atoms with Crippen LogP contribution in [0.3, 0.4) is 0 Å². The molecule has 0 heterocycles.